The van der Waals surface area contributed by atoms with E-state index in [9.17, 15) is 9.59 Å². The van der Waals surface area contributed by atoms with E-state index in [4.69, 9.17) is 9.47 Å². The molecule has 0 radical (unpaired) electrons. The summed E-state index contributed by atoms with van der Waals surface area (Å²) in [5, 5.41) is 5.71. The summed E-state index contributed by atoms with van der Waals surface area (Å²) in [5.41, 5.74) is 0.330. The molecule has 24 heavy (non-hydrogen) atoms. The topological polar surface area (TPSA) is 76.7 Å². The van der Waals surface area contributed by atoms with Crippen LogP contribution < -0.4 is 20.1 Å². The Morgan fingerprint density at radius 1 is 1.21 bits per heavy atom. The van der Waals surface area contributed by atoms with Gasteiger partial charge in [-0.05, 0) is 37.0 Å². The Morgan fingerprint density at radius 3 is 2.50 bits per heavy atom. The molecule has 3 rings (SSSR count). The normalized spacial score (nSPS) is 22.1. The highest BCUT2D eigenvalue weighted by Gasteiger charge is 2.44. The molecular weight excluding hydrogens is 308 g/mol. The van der Waals surface area contributed by atoms with Crippen LogP contribution in [0.15, 0.2) is 18.2 Å². The first-order valence-electron chi connectivity index (χ1n) is 8.42. The Bertz CT molecular complexity index is 638. The Labute approximate surface area is 141 Å². The number of amides is 2. The average Bonchev–Trinajstić information content (AvgIpc) is 3.24. The van der Waals surface area contributed by atoms with Crippen molar-refractivity contribution >= 4 is 11.8 Å². The van der Waals surface area contributed by atoms with Crippen molar-refractivity contribution in [1.82, 2.24) is 10.6 Å². The monoisotopic (exact) mass is 332 g/mol. The highest BCUT2D eigenvalue weighted by atomic mass is 16.5. The van der Waals surface area contributed by atoms with Crippen LogP contribution in [-0.4, -0.2) is 38.6 Å². The van der Waals surface area contributed by atoms with E-state index in [1.54, 1.807) is 14.2 Å². The fraction of sp³-hybridized carbons (Fsp3) is 0.556. The van der Waals surface area contributed by atoms with Gasteiger partial charge in [0.2, 0.25) is 11.8 Å². The smallest absolute Gasteiger partial charge is 0.242 e. The molecule has 0 unspecified atom stereocenters. The second-order valence-electron chi connectivity index (χ2n) is 6.46. The molecule has 1 aliphatic carbocycles. The van der Waals surface area contributed by atoms with Gasteiger partial charge in [-0.25, -0.2) is 0 Å². The SMILES string of the molecule is COc1ccc(C2(C(=O)N[C@@H]3CCNC3=O)CCCC2)cc1OC. The van der Waals surface area contributed by atoms with E-state index in [1.165, 1.54) is 0 Å². The summed E-state index contributed by atoms with van der Waals surface area (Å²) in [4.78, 5) is 24.8. The molecule has 0 spiro atoms. The lowest BCUT2D eigenvalue weighted by Crippen LogP contribution is -2.49. The van der Waals surface area contributed by atoms with Crippen molar-refractivity contribution < 1.29 is 19.1 Å². The van der Waals surface area contributed by atoms with Gasteiger partial charge >= 0.3 is 0 Å². The molecule has 2 N–H and O–H groups in total. The largest absolute Gasteiger partial charge is 0.493 e. The molecule has 2 amide bonds. The summed E-state index contributed by atoms with van der Waals surface area (Å²) < 4.78 is 10.7. The van der Waals surface area contributed by atoms with E-state index in [2.05, 4.69) is 10.6 Å². The lowest BCUT2D eigenvalue weighted by molar-refractivity contribution is -0.131. The third-order valence-corrected chi connectivity index (χ3v) is 5.18. The van der Waals surface area contributed by atoms with E-state index >= 15 is 0 Å². The highest BCUT2D eigenvalue weighted by molar-refractivity contribution is 5.94. The van der Waals surface area contributed by atoms with Crippen LogP contribution in [0.5, 0.6) is 11.5 Å². The van der Waals surface area contributed by atoms with Gasteiger partial charge in [0.25, 0.3) is 0 Å². The number of benzene rings is 1. The minimum Gasteiger partial charge on any atom is -0.493 e. The van der Waals surface area contributed by atoms with Gasteiger partial charge in [0.1, 0.15) is 6.04 Å². The van der Waals surface area contributed by atoms with Gasteiger partial charge in [-0.3, -0.25) is 9.59 Å². The van der Waals surface area contributed by atoms with Crippen LogP contribution >= 0.6 is 0 Å². The predicted molar refractivity (Wildman–Crippen MR) is 89.2 cm³/mol. The highest BCUT2D eigenvalue weighted by Crippen LogP contribution is 2.44. The van der Waals surface area contributed by atoms with Crippen LogP contribution in [0, 0.1) is 0 Å². The summed E-state index contributed by atoms with van der Waals surface area (Å²) in [7, 11) is 3.18. The number of rotatable bonds is 5. The lowest BCUT2D eigenvalue weighted by Gasteiger charge is -2.30. The molecule has 2 aliphatic rings. The molecule has 1 aromatic carbocycles. The summed E-state index contributed by atoms with van der Waals surface area (Å²) in [6.45, 7) is 0.618. The van der Waals surface area contributed by atoms with Gasteiger partial charge < -0.3 is 20.1 Å². The van der Waals surface area contributed by atoms with Crippen LogP contribution in [0.3, 0.4) is 0 Å². The Balaban J connectivity index is 1.90. The molecule has 1 heterocycles. The maximum absolute atomic E-state index is 13.1. The minimum atomic E-state index is -0.595. The summed E-state index contributed by atoms with van der Waals surface area (Å²) >= 11 is 0. The fourth-order valence-electron chi connectivity index (χ4n) is 3.79. The molecule has 0 aromatic heterocycles. The van der Waals surface area contributed by atoms with E-state index in [-0.39, 0.29) is 11.8 Å². The third kappa shape index (κ3) is 2.81. The fourth-order valence-corrected chi connectivity index (χ4v) is 3.79. The molecule has 1 saturated heterocycles. The van der Waals surface area contributed by atoms with E-state index in [0.29, 0.717) is 24.5 Å². The molecule has 2 fully saturated rings. The first-order valence-corrected chi connectivity index (χ1v) is 8.42. The van der Waals surface area contributed by atoms with Gasteiger partial charge in [0.15, 0.2) is 11.5 Å². The third-order valence-electron chi connectivity index (χ3n) is 5.18. The van der Waals surface area contributed by atoms with Crippen molar-refractivity contribution in [2.24, 2.45) is 0 Å². The van der Waals surface area contributed by atoms with Crippen molar-refractivity contribution in [3.8, 4) is 11.5 Å². The maximum Gasteiger partial charge on any atom is 0.242 e. The second kappa shape index (κ2) is 6.71. The molecule has 6 heteroatoms. The lowest BCUT2D eigenvalue weighted by atomic mass is 9.77. The second-order valence-corrected chi connectivity index (χ2v) is 6.46. The number of nitrogens with one attached hydrogen (secondary N) is 2. The predicted octanol–water partition coefficient (Wildman–Crippen LogP) is 1.52. The summed E-state index contributed by atoms with van der Waals surface area (Å²) in [5.74, 6) is 1.11. The number of carbonyl (C=O) groups is 2. The molecule has 1 saturated carbocycles. The van der Waals surface area contributed by atoms with Crippen LogP contribution in [-0.2, 0) is 15.0 Å². The van der Waals surface area contributed by atoms with Gasteiger partial charge in [-0.1, -0.05) is 18.9 Å². The van der Waals surface area contributed by atoms with E-state index in [0.717, 1.165) is 31.2 Å². The van der Waals surface area contributed by atoms with Crippen LogP contribution in [0.1, 0.15) is 37.7 Å². The first kappa shape index (κ1) is 16.6. The van der Waals surface area contributed by atoms with Gasteiger partial charge in [-0.2, -0.15) is 0 Å². The minimum absolute atomic E-state index is 0.0609. The van der Waals surface area contributed by atoms with Crippen LogP contribution in [0.25, 0.3) is 0 Å². The number of hydrogen-bond acceptors (Lipinski definition) is 4. The van der Waals surface area contributed by atoms with Gasteiger partial charge in [-0.15, -0.1) is 0 Å². The van der Waals surface area contributed by atoms with E-state index < -0.39 is 11.5 Å². The zero-order valence-corrected chi connectivity index (χ0v) is 14.2. The van der Waals surface area contributed by atoms with Crippen molar-refractivity contribution in [3.05, 3.63) is 23.8 Å². The van der Waals surface area contributed by atoms with Crippen molar-refractivity contribution in [1.29, 1.82) is 0 Å². The quantitative estimate of drug-likeness (QED) is 0.857. The number of carbonyl (C=O) groups excluding carboxylic acids is 2. The van der Waals surface area contributed by atoms with Crippen LogP contribution in [0.4, 0.5) is 0 Å². The summed E-state index contributed by atoms with van der Waals surface area (Å²) in [6, 6.07) is 5.23. The summed E-state index contributed by atoms with van der Waals surface area (Å²) in [6.07, 6.45) is 4.20. The molecule has 6 nitrogen and oxygen atoms in total. The Kier molecular flexibility index (Phi) is 4.64. The number of methoxy groups -OCH3 is 2. The Morgan fingerprint density at radius 2 is 1.92 bits per heavy atom. The molecule has 1 atom stereocenters. The molecular formula is C18H24N2O4. The van der Waals surface area contributed by atoms with Gasteiger partial charge in [0, 0.05) is 6.54 Å². The van der Waals surface area contributed by atoms with Gasteiger partial charge in [0.05, 0.1) is 19.6 Å². The average molecular weight is 332 g/mol. The first-order chi connectivity index (χ1) is 11.6. The number of ether oxygens (including phenoxy) is 2. The van der Waals surface area contributed by atoms with E-state index in [1.807, 2.05) is 18.2 Å². The molecule has 1 aliphatic heterocycles. The maximum atomic E-state index is 13.1. The zero-order valence-electron chi connectivity index (χ0n) is 14.2. The number of hydrogen-bond donors (Lipinski definition) is 2. The van der Waals surface area contributed by atoms with Crippen LogP contribution in [0.2, 0.25) is 0 Å². The van der Waals surface area contributed by atoms with Crippen molar-refractivity contribution in [3.63, 3.8) is 0 Å². The van der Waals surface area contributed by atoms with Crippen molar-refractivity contribution in [2.75, 3.05) is 20.8 Å². The molecule has 1 aromatic rings. The Hall–Kier alpha value is -2.24. The standard InChI is InChI=1S/C18H24N2O4/c1-23-14-6-5-12(11-15(14)24-2)18(8-3-4-9-18)17(22)20-13-7-10-19-16(13)21/h5-6,11,13H,3-4,7-10H2,1-2H3,(H,19,21)(H,20,22)/t13-/m1/s1. The zero-order chi connectivity index (χ0) is 17.2. The molecule has 130 valence electrons. The van der Waals surface area contributed by atoms with Crippen molar-refractivity contribution in [2.45, 2.75) is 43.6 Å². The molecule has 0 bridgehead atoms.